The minimum atomic E-state index is 0.189. The Morgan fingerprint density at radius 2 is 2.16 bits per heavy atom. The fraction of sp³-hybridized carbons (Fsp3) is 0.500. The van der Waals surface area contributed by atoms with Crippen molar-refractivity contribution in [3.63, 3.8) is 0 Å². The van der Waals surface area contributed by atoms with E-state index in [1.807, 2.05) is 4.90 Å². The highest BCUT2D eigenvalue weighted by atomic mass is 32.1. The molecule has 2 aliphatic rings. The van der Waals surface area contributed by atoms with Crippen molar-refractivity contribution >= 4 is 23.2 Å². The lowest BCUT2D eigenvalue weighted by atomic mass is 10.1. The molecule has 2 heterocycles. The van der Waals surface area contributed by atoms with Gasteiger partial charge in [-0.1, -0.05) is 12.1 Å². The highest BCUT2D eigenvalue weighted by Crippen LogP contribution is 2.30. The molecule has 1 aliphatic carbocycles. The first-order valence-corrected chi connectivity index (χ1v) is 12.0. The van der Waals surface area contributed by atoms with Crippen LogP contribution in [0.2, 0.25) is 0 Å². The molecule has 1 fully saturated rings. The Hall–Kier alpha value is -2.54. The standard InChI is InChI=1S/C24H32N4O2S/c1-17-3-6-19(21(13-17)30-16-18-4-5-18)14-27-24(25-2)26-10-7-23(29)28-11-8-22-20(15-28)9-12-31-22/h3,6,9,12-13,18H,4-5,7-8,10-11,14-16H2,1-2H3,(H2,25,26,27). The van der Waals surface area contributed by atoms with Crippen molar-refractivity contribution < 1.29 is 9.53 Å². The van der Waals surface area contributed by atoms with Crippen LogP contribution in [0, 0.1) is 12.8 Å². The minimum absolute atomic E-state index is 0.189. The molecule has 0 spiro atoms. The average Bonchev–Trinajstić information content (AvgIpc) is 3.49. The highest BCUT2D eigenvalue weighted by molar-refractivity contribution is 7.10. The number of aryl methyl sites for hydroxylation is 1. The second kappa shape index (κ2) is 10.2. The zero-order valence-corrected chi connectivity index (χ0v) is 19.3. The van der Waals surface area contributed by atoms with Gasteiger partial charge in [0, 0.05) is 50.1 Å². The summed E-state index contributed by atoms with van der Waals surface area (Å²) in [6, 6.07) is 8.45. The van der Waals surface area contributed by atoms with Crippen LogP contribution >= 0.6 is 11.3 Å². The van der Waals surface area contributed by atoms with Gasteiger partial charge in [0.05, 0.1) is 6.61 Å². The van der Waals surface area contributed by atoms with Crippen LogP contribution in [0.1, 0.15) is 40.8 Å². The number of rotatable bonds is 8. The van der Waals surface area contributed by atoms with Gasteiger partial charge in [0.15, 0.2) is 5.96 Å². The molecule has 6 nitrogen and oxygen atoms in total. The van der Waals surface area contributed by atoms with E-state index in [1.165, 1.54) is 28.8 Å². The van der Waals surface area contributed by atoms with Crippen LogP contribution in [-0.4, -0.2) is 43.5 Å². The topological polar surface area (TPSA) is 66.0 Å². The maximum absolute atomic E-state index is 12.6. The molecule has 0 saturated heterocycles. The summed E-state index contributed by atoms with van der Waals surface area (Å²) in [5.41, 5.74) is 3.61. The number of nitrogens with one attached hydrogen (secondary N) is 2. The summed E-state index contributed by atoms with van der Waals surface area (Å²) in [6.45, 7) is 5.62. The number of nitrogens with zero attached hydrogens (tertiary/aromatic N) is 2. The molecule has 1 amide bonds. The molecule has 4 rings (SSSR count). The van der Waals surface area contributed by atoms with Crippen molar-refractivity contribution in [2.24, 2.45) is 10.9 Å². The molecule has 1 saturated carbocycles. The third-order valence-electron chi connectivity index (χ3n) is 5.86. The van der Waals surface area contributed by atoms with Crippen LogP contribution < -0.4 is 15.4 Å². The molecule has 7 heteroatoms. The van der Waals surface area contributed by atoms with Crippen molar-refractivity contribution in [1.82, 2.24) is 15.5 Å². The van der Waals surface area contributed by atoms with Gasteiger partial charge in [0.25, 0.3) is 0 Å². The minimum Gasteiger partial charge on any atom is -0.493 e. The molecule has 2 N–H and O–H groups in total. The van der Waals surface area contributed by atoms with Gasteiger partial charge >= 0.3 is 0 Å². The predicted octanol–water partition coefficient (Wildman–Crippen LogP) is 3.49. The van der Waals surface area contributed by atoms with Crippen LogP contribution in [0.4, 0.5) is 0 Å². The fourth-order valence-corrected chi connectivity index (χ4v) is 4.63. The highest BCUT2D eigenvalue weighted by Gasteiger charge is 2.23. The van der Waals surface area contributed by atoms with Gasteiger partial charge in [-0.15, -0.1) is 11.3 Å². The van der Waals surface area contributed by atoms with Crippen LogP contribution in [0.3, 0.4) is 0 Å². The Morgan fingerprint density at radius 1 is 1.29 bits per heavy atom. The maximum Gasteiger partial charge on any atom is 0.224 e. The number of guanidine groups is 1. The number of aliphatic imine (C=N–C) groups is 1. The van der Waals surface area contributed by atoms with E-state index in [1.54, 1.807) is 18.4 Å². The zero-order chi connectivity index (χ0) is 21.6. The largest absolute Gasteiger partial charge is 0.493 e. The first-order chi connectivity index (χ1) is 15.1. The number of carbonyl (C=O) groups is 1. The summed E-state index contributed by atoms with van der Waals surface area (Å²) in [7, 11) is 1.75. The van der Waals surface area contributed by atoms with E-state index in [4.69, 9.17) is 4.74 Å². The molecule has 0 radical (unpaired) electrons. The Morgan fingerprint density at radius 3 is 2.97 bits per heavy atom. The third kappa shape index (κ3) is 6.00. The molecule has 1 aromatic heterocycles. The molecular weight excluding hydrogens is 408 g/mol. The number of fused-ring (bicyclic) bond motifs is 1. The van der Waals surface area contributed by atoms with Crippen molar-refractivity contribution in [3.8, 4) is 5.75 Å². The molecule has 1 aromatic carbocycles. The first kappa shape index (κ1) is 21.7. The van der Waals surface area contributed by atoms with E-state index in [2.05, 4.69) is 52.2 Å². The van der Waals surface area contributed by atoms with Gasteiger partial charge in [0.2, 0.25) is 5.91 Å². The summed E-state index contributed by atoms with van der Waals surface area (Å²) in [5, 5.41) is 8.73. The quantitative estimate of drug-likeness (QED) is 0.487. The predicted molar refractivity (Wildman–Crippen MR) is 126 cm³/mol. The summed E-state index contributed by atoms with van der Waals surface area (Å²) in [5.74, 6) is 2.55. The van der Waals surface area contributed by atoms with Crippen LogP contribution in [-0.2, 0) is 24.3 Å². The van der Waals surface area contributed by atoms with Gasteiger partial charge in [0.1, 0.15) is 5.75 Å². The van der Waals surface area contributed by atoms with Crippen molar-refractivity contribution in [3.05, 3.63) is 51.2 Å². The fourth-order valence-electron chi connectivity index (χ4n) is 3.74. The van der Waals surface area contributed by atoms with Crippen molar-refractivity contribution in [1.29, 1.82) is 0 Å². The molecular formula is C24H32N4O2S. The molecule has 0 atom stereocenters. The molecule has 0 bridgehead atoms. The van der Waals surface area contributed by atoms with E-state index in [-0.39, 0.29) is 5.91 Å². The summed E-state index contributed by atoms with van der Waals surface area (Å²) in [6.07, 6.45) is 3.98. The number of benzene rings is 1. The lowest BCUT2D eigenvalue weighted by Crippen LogP contribution is -2.40. The molecule has 166 valence electrons. The van der Waals surface area contributed by atoms with E-state index >= 15 is 0 Å². The Bertz CT molecular complexity index is 935. The van der Waals surface area contributed by atoms with Gasteiger partial charge in [-0.2, -0.15) is 0 Å². The van der Waals surface area contributed by atoms with Crippen LogP contribution in [0.15, 0.2) is 34.6 Å². The molecule has 2 aromatic rings. The number of hydrogen-bond donors (Lipinski definition) is 2. The lowest BCUT2D eigenvalue weighted by Gasteiger charge is -2.27. The Balaban J connectivity index is 1.22. The Labute approximate surface area is 188 Å². The number of carbonyl (C=O) groups excluding carboxylic acids is 1. The zero-order valence-electron chi connectivity index (χ0n) is 18.4. The summed E-state index contributed by atoms with van der Waals surface area (Å²) >= 11 is 1.79. The number of hydrogen-bond acceptors (Lipinski definition) is 4. The normalized spacial score (nSPS) is 16.1. The Kier molecular flexibility index (Phi) is 7.12. The van der Waals surface area contributed by atoms with E-state index in [0.29, 0.717) is 25.5 Å². The van der Waals surface area contributed by atoms with Gasteiger partial charge in [-0.05, 0) is 60.7 Å². The number of amides is 1. The second-order valence-corrected chi connectivity index (χ2v) is 9.40. The van der Waals surface area contributed by atoms with Crippen molar-refractivity contribution in [2.45, 2.75) is 45.7 Å². The average molecular weight is 441 g/mol. The maximum atomic E-state index is 12.6. The summed E-state index contributed by atoms with van der Waals surface area (Å²) in [4.78, 5) is 20.3. The van der Waals surface area contributed by atoms with E-state index in [9.17, 15) is 4.79 Å². The second-order valence-electron chi connectivity index (χ2n) is 8.40. The number of ether oxygens (including phenoxy) is 1. The monoisotopic (exact) mass is 440 g/mol. The first-order valence-electron chi connectivity index (χ1n) is 11.1. The number of thiophene rings is 1. The molecule has 0 unspecified atom stereocenters. The third-order valence-corrected chi connectivity index (χ3v) is 6.88. The molecule has 1 aliphatic heterocycles. The van der Waals surface area contributed by atoms with Gasteiger partial charge in [-0.25, -0.2) is 0 Å². The van der Waals surface area contributed by atoms with Gasteiger partial charge in [-0.3, -0.25) is 9.79 Å². The SMILES string of the molecule is CN=C(NCCC(=O)N1CCc2sccc2C1)NCc1ccc(C)cc1OCC1CC1. The van der Waals surface area contributed by atoms with E-state index < -0.39 is 0 Å². The van der Waals surface area contributed by atoms with Crippen LogP contribution in [0.5, 0.6) is 5.75 Å². The van der Waals surface area contributed by atoms with Crippen molar-refractivity contribution in [2.75, 3.05) is 26.7 Å². The van der Waals surface area contributed by atoms with Gasteiger partial charge < -0.3 is 20.3 Å². The van der Waals surface area contributed by atoms with Crippen LogP contribution in [0.25, 0.3) is 0 Å². The smallest absolute Gasteiger partial charge is 0.224 e. The summed E-state index contributed by atoms with van der Waals surface area (Å²) < 4.78 is 6.06. The van der Waals surface area contributed by atoms with E-state index in [0.717, 1.165) is 43.3 Å². The lowest BCUT2D eigenvalue weighted by molar-refractivity contribution is -0.131. The molecule has 31 heavy (non-hydrogen) atoms.